The van der Waals surface area contributed by atoms with Crippen LogP contribution in [-0.4, -0.2) is 56.4 Å². The smallest absolute Gasteiger partial charge is 0.341 e. The lowest BCUT2D eigenvalue weighted by atomic mass is 10.2. The van der Waals surface area contributed by atoms with Crippen molar-refractivity contribution in [2.75, 3.05) is 31.2 Å². The maximum absolute atomic E-state index is 12.9. The zero-order valence-corrected chi connectivity index (χ0v) is 15.5. The molecule has 0 saturated carbocycles. The fraction of sp³-hybridized carbons (Fsp3) is 0.353. The van der Waals surface area contributed by atoms with E-state index in [-0.39, 0.29) is 12.1 Å². The van der Waals surface area contributed by atoms with Crippen molar-refractivity contribution in [1.82, 2.24) is 15.3 Å². The summed E-state index contributed by atoms with van der Waals surface area (Å²) in [4.78, 5) is 22.1. The Morgan fingerprint density at radius 1 is 1.21 bits per heavy atom. The number of nitrogens with zero attached hydrogens (tertiary/aromatic N) is 3. The van der Waals surface area contributed by atoms with Crippen LogP contribution in [0.3, 0.4) is 0 Å². The Hall–Kier alpha value is -2.66. The van der Waals surface area contributed by atoms with Crippen LogP contribution in [0, 0.1) is 0 Å². The lowest BCUT2D eigenvalue weighted by molar-refractivity contribution is 0.0946. The molecule has 1 fully saturated rings. The molecule has 11 heteroatoms. The van der Waals surface area contributed by atoms with Crippen LogP contribution in [0.2, 0.25) is 0 Å². The van der Waals surface area contributed by atoms with E-state index in [1.807, 2.05) is 4.90 Å². The van der Waals surface area contributed by atoms with Crippen LogP contribution >= 0.6 is 0 Å². The number of ether oxygens (including phenoxy) is 1. The topological polar surface area (TPSA) is 101 Å². The number of amides is 1. The lowest BCUT2D eigenvalue weighted by Gasteiger charge is -2.27. The molecule has 1 N–H and O–H groups in total. The van der Waals surface area contributed by atoms with E-state index in [9.17, 15) is 22.0 Å². The highest BCUT2D eigenvalue weighted by Crippen LogP contribution is 2.22. The molecule has 1 aromatic carbocycles. The van der Waals surface area contributed by atoms with Gasteiger partial charge in [0.25, 0.3) is 5.91 Å². The van der Waals surface area contributed by atoms with Gasteiger partial charge >= 0.3 is 5.76 Å². The van der Waals surface area contributed by atoms with Gasteiger partial charge in [0.2, 0.25) is 9.84 Å². The van der Waals surface area contributed by atoms with Crippen LogP contribution in [0.15, 0.2) is 41.4 Å². The quantitative estimate of drug-likeness (QED) is 0.762. The van der Waals surface area contributed by atoms with Gasteiger partial charge in [0.15, 0.2) is 0 Å². The summed E-state index contributed by atoms with van der Waals surface area (Å²) in [5.74, 6) is -3.43. The number of hydrogen-bond acceptors (Lipinski definition) is 7. The zero-order chi connectivity index (χ0) is 20.1. The Labute approximate surface area is 160 Å². The number of sulfone groups is 1. The van der Waals surface area contributed by atoms with Gasteiger partial charge in [-0.15, -0.1) is 0 Å². The minimum atomic E-state index is -4.90. The molecule has 0 radical (unpaired) electrons. The highest BCUT2D eigenvalue weighted by atomic mass is 32.2. The minimum Gasteiger partial charge on any atom is -0.378 e. The van der Waals surface area contributed by atoms with E-state index in [0.29, 0.717) is 37.9 Å². The molecule has 1 aliphatic rings. The molecule has 2 heterocycles. The van der Waals surface area contributed by atoms with E-state index in [0.717, 1.165) is 6.07 Å². The molecule has 3 rings (SSSR count). The molecule has 28 heavy (non-hydrogen) atoms. The number of benzene rings is 1. The third kappa shape index (κ3) is 4.42. The molecule has 150 valence electrons. The summed E-state index contributed by atoms with van der Waals surface area (Å²) < 4.78 is 54.6. The van der Waals surface area contributed by atoms with Crippen molar-refractivity contribution in [3.05, 3.63) is 47.9 Å². The number of rotatable bonds is 6. The Kier molecular flexibility index (Phi) is 6.15. The molecular formula is C17H18F2N4O4S. The van der Waals surface area contributed by atoms with Crippen molar-refractivity contribution in [1.29, 1.82) is 0 Å². The van der Waals surface area contributed by atoms with Gasteiger partial charge in [0, 0.05) is 19.3 Å². The summed E-state index contributed by atoms with van der Waals surface area (Å²) in [7, 11) is -4.90. The van der Waals surface area contributed by atoms with Gasteiger partial charge in [-0.25, -0.2) is 18.4 Å². The molecule has 1 aliphatic heterocycles. The second kappa shape index (κ2) is 8.57. The largest absolute Gasteiger partial charge is 0.378 e. The molecule has 2 aromatic rings. The molecule has 0 spiro atoms. The summed E-state index contributed by atoms with van der Waals surface area (Å²) in [5.41, 5.74) is -0.355. The van der Waals surface area contributed by atoms with E-state index >= 15 is 0 Å². The lowest BCUT2D eigenvalue weighted by Crippen LogP contribution is -2.37. The van der Waals surface area contributed by atoms with Gasteiger partial charge < -0.3 is 15.0 Å². The number of halogens is 2. The van der Waals surface area contributed by atoms with Gasteiger partial charge in [-0.05, 0) is 18.2 Å². The van der Waals surface area contributed by atoms with Crippen LogP contribution in [-0.2, 0) is 21.1 Å². The normalized spacial score (nSPS) is 14.9. The molecule has 1 aromatic heterocycles. The Bertz CT molecular complexity index is 950. The number of hydrogen-bond donors (Lipinski definition) is 1. The Balaban J connectivity index is 1.73. The Morgan fingerprint density at radius 3 is 2.64 bits per heavy atom. The van der Waals surface area contributed by atoms with E-state index < -0.39 is 26.4 Å². The molecule has 0 bridgehead atoms. The van der Waals surface area contributed by atoms with Gasteiger partial charge in [-0.1, -0.05) is 12.1 Å². The number of carbonyl (C=O) groups excluding carboxylic acids is 1. The average molecular weight is 412 g/mol. The van der Waals surface area contributed by atoms with Crippen LogP contribution in [0.25, 0.3) is 0 Å². The molecule has 0 unspecified atom stereocenters. The molecule has 0 atom stereocenters. The number of aromatic nitrogens is 2. The first-order chi connectivity index (χ1) is 13.4. The van der Waals surface area contributed by atoms with Crippen molar-refractivity contribution in [2.24, 2.45) is 0 Å². The van der Waals surface area contributed by atoms with Crippen LogP contribution in [0.5, 0.6) is 0 Å². The first-order valence-electron chi connectivity index (χ1n) is 8.43. The number of anilines is 1. The highest BCUT2D eigenvalue weighted by molar-refractivity contribution is 7.91. The number of morpholine rings is 1. The summed E-state index contributed by atoms with van der Waals surface area (Å²) in [6.45, 7) is 2.46. The van der Waals surface area contributed by atoms with E-state index in [4.69, 9.17) is 4.74 Å². The Morgan fingerprint density at radius 2 is 1.93 bits per heavy atom. The first-order valence-corrected chi connectivity index (χ1v) is 9.98. The molecule has 0 aliphatic carbocycles. The third-order valence-corrected chi connectivity index (χ3v) is 5.54. The van der Waals surface area contributed by atoms with Gasteiger partial charge in [0.1, 0.15) is 11.6 Å². The van der Waals surface area contributed by atoms with Crippen molar-refractivity contribution in [3.63, 3.8) is 0 Å². The van der Waals surface area contributed by atoms with Crippen LogP contribution in [0.4, 0.5) is 14.6 Å². The number of carbonyl (C=O) groups is 1. The van der Waals surface area contributed by atoms with Gasteiger partial charge in [0.05, 0.1) is 30.2 Å². The predicted molar refractivity (Wildman–Crippen MR) is 95.9 cm³/mol. The standard InChI is InChI=1S/C17H18F2N4O4S/c18-17(19)28(25,26)13-4-2-1-3-12(13)16(24)21-11-14-20-6-5-15(22-14)23-7-9-27-10-8-23/h1-6,17H,7-11H2,(H,21,24). The van der Waals surface area contributed by atoms with Crippen molar-refractivity contribution in [2.45, 2.75) is 17.2 Å². The summed E-state index contributed by atoms with van der Waals surface area (Å²) in [6.07, 6.45) is 1.55. The summed E-state index contributed by atoms with van der Waals surface area (Å²) in [5, 5.41) is 2.48. The van der Waals surface area contributed by atoms with Gasteiger partial charge in [-0.2, -0.15) is 8.78 Å². The van der Waals surface area contributed by atoms with E-state index in [1.54, 1.807) is 12.3 Å². The molecule has 1 amide bonds. The third-order valence-electron chi connectivity index (χ3n) is 4.11. The average Bonchev–Trinajstić information content (AvgIpc) is 2.72. The van der Waals surface area contributed by atoms with Crippen molar-refractivity contribution >= 4 is 21.6 Å². The van der Waals surface area contributed by atoms with Crippen molar-refractivity contribution in [3.8, 4) is 0 Å². The minimum absolute atomic E-state index is 0.0833. The maximum atomic E-state index is 12.9. The first kappa shape index (κ1) is 20.1. The van der Waals surface area contributed by atoms with Crippen molar-refractivity contribution < 1.29 is 26.7 Å². The van der Waals surface area contributed by atoms with Gasteiger partial charge in [-0.3, -0.25) is 4.79 Å². The molecule has 1 saturated heterocycles. The SMILES string of the molecule is O=C(NCc1nccc(N2CCOCC2)n1)c1ccccc1S(=O)(=O)C(F)F. The fourth-order valence-corrected chi connectivity index (χ4v) is 3.62. The van der Waals surface area contributed by atoms with E-state index in [2.05, 4.69) is 15.3 Å². The molecular weight excluding hydrogens is 394 g/mol. The van der Waals surface area contributed by atoms with Crippen LogP contribution < -0.4 is 10.2 Å². The van der Waals surface area contributed by atoms with Crippen LogP contribution in [0.1, 0.15) is 16.2 Å². The number of nitrogens with one attached hydrogen (secondary N) is 1. The fourth-order valence-electron chi connectivity index (χ4n) is 2.69. The molecule has 8 nitrogen and oxygen atoms in total. The zero-order valence-electron chi connectivity index (χ0n) is 14.7. The second-order valence-corrected chi connectivity index (χ2v) is 7.80. The summed E-state index contributed by atoms with van der Waals surface area (Å²) >= 11 is 0. The highest BCUT2D eigenvalue weighted by Gasteiger charge is 2.30. The maximum Gasteiger partial charge on any atom is 0.341 e. The second-order valence-electron chi connectivity index (χ2n) is 5.91. The predicted octanol–water partition coefficient (Wildman–Crippen LogP) is 1.24. The van der Waals surface area contributed by atoms with E-state index in [1.165, 1.54) is 18.2 Å². The monoisotopic (exact) mass is 412 g/mol. The number of alkyl halides is 2. The summed E-state index contributed by atoms with van der Waals surface area (Å²) in [6, 6.07) is 6.57.